The molecule has 2 aliphatic heterocycles. The standard InChI is InChI=1S/C19H26N4O3S/c1-3-26-19(24)16-13(2)15-17(23-6-4-5-7-23)20-14(21-18(15)27-16)12-22-8-10-25-11-9-22/h3-12H2,1-2H3. The van der Waals surface area contributed by atoms with Gasteiger partial charge in [0, 0.05) is 26.2 Å². The average Bonchev–Trinajstić information content (AvgIpc) is 3.31. The number of carbonyl (C=O) groups is 1. The lowest BCUT2D eigenvalue weighted by Gasteiger charge is -2.26. The summed E-state index contributed by atoms with van der Waals surface area (Å²) >= 11 is 1.43. The van der Waals surface area contributed by atoms with E-state index in [4.69, 9.17) is 19.4 Å². The number of rotatable bonds is 5. The number of carbonyl (C=O) groups excluding carboxylic acids is 1. The van der Waals surface area contributed by atoms with Crippen LogP contribution in [0.5, 0.6) is 0 Å². The van der Waals surface area contributed by atoms with Crippen LogP contribution in [0.1, 0.15) is 40.8 Å². The quantitative estimate of drug-likeness (QED) is 0.727. The Labute approximate surface area is 163 Å². The Morgan fingerprint density at radius 1 is 1.19 bits per heavy atom. The molecule has 0 spiro atoms. The van der Waals surface area contributed by atoms with Crippen molar-refractivity contribution in [2.24, 2.45) is 0 Å². The molecule has 7 nitrogen and oxygen atoms in total. The highest BCUT2D eigenvalue weighted by atomic mass is 32.1. The Hall–Kier alpha value is -1.77. The molecule has 0 saturated carbocycles. The van der Waals surface area contributed by atoms with Gasteiger partial charge in [-0.25, -0.2) is 14.8 Å². The Morgan fingerprint density at radius 3 is 2.63 bits per heavy atom. The van der Waals surface area contributed by atoms with Crippen molar-refractivity contribution in [2.45, 2.75) is 33.2 Å². The summed E-state index contributed by atoms with van der Waals surface area (Å²) in [5.74, 6) is 1.54. The van der Waals surface area contributed by atoms with E-state index in [9.17, 15) is 4.79 Å². The number of hydrogen-bond acceptors (Lipinski definition) is 8. The number of thiophene rings is 1. The molecule has 4 rings (SSSR count). The van der Waals surface area contributed by atoms with E-state index < -0.39 is 0 Å². The predicted molar refractivity (Wildman–Crippen MR) is 106 cm³/mol. The van der Waals surface area contributed by atoms with E-state index in [1.54, 1.807) is 0 Å². The first-order valence-corrected chi connectivity index (χ1v) is 10.5. The summed E-state index contributed by atoms with van der Waals surface area (Å²) in [4.78, 5) is 28.3. The average molecular weight is 391 g/mol. The van der Waals surface area contributed by atoms with Gasteiger partial charge in [-0.3, -0.25) is 4.90 Å². The molecule has 2 saturated heterocycles. The Bertz CT molecular complexity index is 826. The molecule has 0 aliphatic carbocycles. The number of esters is 1. The summed E-state index contributed by atoms with van der Waals surface area (Å²) in [6.45, 7) is 10.2. The summed E-state index contributed by atoms with van der Waals surface area (Å²) < 4.78 is 10.7. The minimum Gasteiger partial charge on any atom is -0.462 e. The zero-order valence-corrected chi connectivity index (χ0v) is 16.8. The normalized spacial score (nSPS) is 18.4. The van der Waals surface area contributed by atoms with E-state index >= 15 is 0 Å². The maximum absolute atomic E-state index is 12.4. The van der Waals surface area contributed by atoms with Gasteiger partial charge in [-0.2, -0.15) is 0 Å². The summed E-state index contributed by atoms with van der Waals surface area (Å²) in [7, 11) is 0. The molecule has 0 radical (unpaired) electrons. The molecule has 2 aromatic heterocycles. The zero-order valence-electron chi connectivity index (χ0n) is 16.0. The fourth-order valence-corrected chi connectivity index (χ4v) is 4.83. The second kappa shape index (κ2) is 8.08. The van der Waals surface area contributed by atoms with Crippen LogP contribution in [0.3, 0.4) is 0 Å². The van der Waals surface area contributed by atoms with E-state index in [0.29, 0.717) is 18.0 Å². The Morgan fingerprint density at radius 2 is 1.93 bits per heavy atom. The molecule has 146 valence electrons. The van der Waals surface area contributed by atoms with Crippen molar-refractivity contribution >= 4 is 33.3 Å². The first kappa shape index (κ1) is 18.6. The van der Waals surface area contributed by atoms with Crippen LogP contribution < -0.4 is 4.90 Å². The molecule has 0 N–H and O–H groups in total. The van der Waals surface area contributed by atoms with Gasteiger partial charge in [0.1, 0.15) is 21.3 Å². The number of ether oxygens (including phenoxy) is 2. The molecule has 0 aromatic carbocycles. The van der Waals surface area contributed by atoms with Crippen LogP contribution in [-0.2, 0) is 16.0 Å². The summed E-state index contributed by atoms with van der Waals surface area (Å²) in [6.07, 6.45) is 2.36. The Balaban J connectivity index is 1.75. The van der Waals surface area contributed by atoms with Crippen molar-refractivity contribution in [1.82, 2.24) is 14.9 Å². The fraction of sp³-hybridized carbons (Fsp3) is 0.632. The van der Waals surface area contributed by atoms with E-state index in [1.807, 2.05) is 13.8 Å². The largest absolute Gasteiger partial charge is 0.462 e. The molecule has 2 fully saturated rings. The summed E-state index contributed by atoms with van der Waals surface area (Å²) in [6, 6.07) is 0. The van der Waals surface area contributed by atoms with Crippen LogP contribution in [0.25, 0.3) is 10.2 Å². The molecule has 0 unspecified atom stereocenters. The molecule has 0 amide bonds. The molecule has 27 heavy (non-hydrogen) atoms. The van der Waals surface area contributed by atoms with E-state index in [-0.39, 0.29) is 5.97 Å². The molecule has 2 aliphatic rings. The number of aromatic nitrogens is 2. The second-order valence-corrected chi connectivity index (χ2v) is 8.00. The van der Waals surface area contributed by atoms with Crippen molar-refractivity contribution in [3.05, 3.63) is 16.3 Å². The lowest BCUT2D eigenvalue weighted by atomic mass is 10.2. The molecular weight excluding hydrogens is 364 g/mol. The predicted octanol–water partition coefficient (Wildman–Crippen LogP) is 2.61. The SMILES string of the molecule is CCOC(=O)c1sc2nc(CN3CCOCC3)nc(N3CCCC3)c2c1C. The van der Waals surface area contributed by atoms with Gasteiger partial charge < -0.3 is 14.4 Å². The second-order valence-electron chi connectivity index (χ2n) is 7.00. The highest BCUT2D eigenvalue weighted by Crippen LogP contribution is 2.37. The third kappa shape index (κ3) is 3.79. The van der Waals surface area contributed by atoms with Gasteiger partial charge in [0.25, 0.3) is 0 Å². The first-order valence-electron chi connectivity index (χ1n) is 9.69. The highest BCUT2D eigenvalue weighted by Gasteiger charge is 2.25. The minimum atomic E-state index is -0.264. The van der Waals surface area contributed by atoms with Crippen molar-refractivity contribution < 1.29 is 14.3 Å². The van der Waals surface area contributed by atoms with Crippen LogP contribution >= 0.6 is 11.3 Å². The molecule has 0 bridgehead atoms. The van der Waals surface area contributed by atoms with Crippen molar-refractivity contribution in [3.63, 3.8) is 0 Å². The van der Waals surface area contributed by atoms with Gasteiger partial charge in [-0.1, -0.05) is 0 Å². The first-order chi connectivity index (χ1) is 13.2. The van der Waals surface area contributed by atoms with Gasteiger partial charge in [-0.15, -0.1) is 11.3 Å². The third-order valence-corrected chi connectivity index (χ3v) is 6.32. The summed E-state index contributed by atoms with van der Waals surface area (Å²) in [5.41, 5.74) is 0.938. The van der Waals surface area contributed by atoms with Gasteiger partial charge in [-0.05, 0) is 32.3 Å². The fourth-order valence-electron chi connectivity index (χ4n) is 3.74. The number of hydrogen-bond donors (Lipinski definition) is 0. The van der Waals surface area contributed by atoms with E-state index in [0.717, 1.165) is 66.8 Å². The highest BCUT2D eigenvalue weighted by molar-refractivity contribution is 7.20. The summed E-state index contributed by atoms with van der Waals surface area (Å²) in [5, 5.41) is 1.01. The van der Waals surface area contributed by atoms with Gasteiger partial charge in [0.15, 0.2) is 0 Å². The molecule has 8 heteroatoms. The van der Waals surface area contributed by atoms with E-state index in [2.05, 4.69) is 9.80 Å². The maximum atomic E-state index is 12.4. The van der Waals surface area contributed by atoms with Crippen LogP contribution in [0.15, 0.2) is 0 Å². The Kier molecular flexibility index (Phi) is 5.56. The van der Waals surface area contributed by atoms with Gasteiger partial charge >= 0.3 is 5.97 Å². The van der Waals surface area contributed by atoms with Crippen LogP contribution in [0.2, 0.25) is 0 Å². The molecule has 4 heterocycles. The molecule has 0 atom stereocenters. The van der Waals surface area contributed by atoms with Gasteiger partial charge in [0.05, 0.1) is 31.8 Å². The number of fused-ring (bicyclic) bond motifs is 1. The van der Waals surface area contributed by atoms with Crippen molar-refractivity contribution in [3.8, 4) is 0 Å². The number of morpholine rings is 1. The van der Waals surface area contributed by atoms with Crippen LogP contribution in [0.4, 0.5) is 5.82 Å². The number of nitrogens with zero attached hydrogens (tertiary/aromatic N) is 4. The topological polar surface area (TPSA) is 67.8 Å². The lowest BCUT2D eigenvalue weighted by Crippen LogP contribution is -2.36. The minimum absolute atomic E-state index is 0.264. The van der Waals surface area contributed by atoms with Crippen LogP contribution in [0, 0.1) is 6.92 Å². The maximum Gasteiger partial charge on any atom is 0.348 e. The van der Waals surface area contributed by atoms with Crippen molar-refractivity contribution in [1.29, 1.82) is 0 Å². The lowest BCUT2D eigenvalue weighted by molar-refractivity contribution is 0.0331. The smallest absolute Gasteiger partial charge is 0.348 e. The van der Waals surface area contributed by atoms with Gasteiger partial charge in [0.2, 0.25) is 0 Å². The van der Waals surface area contributed by atoms with Crippen molar-refractivity contribution in [2.75, 3.05) is 50.9 Å². The monoisotopic (exact) mass is 390 g/mol. The zero-order chi connectivity index (χ0) is 18.8. The van der Waals surface area contributed by atoms with E-state index in [1.165, 1.54) is 24.2 Å². The molecule has 2 aromatic rings. The number of aryl methyl sites for hydroxylation is 1. The van der Waals surface area contributed by atoms with Crippen LogP contribution in [-0.4, -0.2) is 66.8 Å². The molecular formula is C19H26N4O3S. The number of anilines is 1. The third-order valence-electron chi connectivity index (χ3n) is 5.15.